The van der Waals surface area contributed by atoms with E-state index >= 15 is 0 Å². The molecule has 4 nitrogen and oxygen atoms in total. The molecule has 0 atom stereocenters. The molecule has 0 bridgehead atoms. The lowest BCUT2D eigenvalue weighted by molar-refractivity contribution is -0.116. The summed E-state index contributed by atoms with van der Waals surface area (Å²) in [7, 11) is 3.24. The molecule has 0 radical (unpaired) electrons. The Hall–Kier alpha value is -1.71. The van der Waals surface area contributed by atoms with Gasteiger partial charge in [0.25, 0.3) is 0 Å². The van der Waals surface area contributed by atoms with Crippen molar-refractivity contribution >= 4 is 11.6 Å². The maximum Gasteiger partial charge on any atom is 0.223 e. The first-order chi connectivity index (χ1) is 7.67. The van der Waals surface area contributed by atoms with E-state index in [0.717, 1.165) is 23.4 Å². The molecule has 16 heavy (non-hydrogen) atoms. The van der Waals surface area contributed by atoms with Gasteiger partial charge in [0.2, 0.25) is 5.91 Å². The van der Waals surface area contributed by atoms with Gasteiger partial charge < -0.3 is 14.4 Å². The van der Waals surface area contributed by atoms with E-state index < -0.39 is 0 Å². The van der Waals surface area contributed by atoms with E-state index in [9.17, 15) is 4.79 Å². The van der Waals surface area contributed by atoms with Gasteiger partial charge in [0.05, 0.1) is 19.9 Å². The summed E-state index contributed by atoms with van der Waals surface area (Å²) < 4.78 is 10.5. The second-order valence-electron chi connectivity index (χ2n) is 3.75. The van der Waals surface area contributed by atoms with Gasteiger partial charge in [-0.1, -0.05) is 0 Å². The van der Waals surface area contributed by atoms with Crippen LogP contribution in [-0.4, -0.2) is 26.7 Å². The standard InChI is InChI=1S/C12H15NO3/c1-8(14)13-5-4-10-11(13)6-9(15-2)7-12(10)16-3/h6-7H,4-5H2,1-3H3. The average Bonchev–Trinajstić information content (AvgIpc) is 2.71. The summed E-state index contributed by atoms with van der Waals surface area (Å²) in [5.41, 5.74) is 1.99. The Labute approximate surface area is 94.8 Å². The molecule has 0 fully saturated rings. The van der Waals surface area contributed by atoms with Crippen LogP contribution in [0.2, 0.25) is 0 Å². The molecule has 0 saturated heterocycles. The van der Waals surface area contributed by atoms with Gasteiger partial charge in [-0.3, -0.25) is 4.79 Å². The van der Waals surface area contributed by atoms with Crippen molar-refractivity contribution in [2.45, 2.75) is 13.3 Å². The first-order valence-electron chi connectivity index (χ1n) is 5.20. The Kier molecular flexibility index (Phi) is 2.73. The molecule has 0 aliphatic carbocycles. The number of methoxy groups -OCH3 is 2. The molecule has 4 heteroatoms. The number of nitrogens with zero attached hydrogens (tertiary/aromatic N) is 1. The minimum absolute atomic E-state index is 0.0501. The van der Waals surface area contributed by atoms with Crippen molar-refractivity contribution in [3.63, 3.8) is 0 Å². The lowest BCUT2D eigenvalue weighted by Gasteiger charge is -2.16. The second-order valence-corrected chi connectivity index (χ2v) is 3.75. The number of hydrogen-bond acceptors (Lipinski definition) is 3. The summed E-state index contributed by atoms with van der Waals surface area (Å²) in [6.45, 7) is 2.29. The molecule has 0 aromatic heterocycles. The minimum atomic E-state index is 0.0501. The molecule has 0 spiro atoms. The summed E-state index contributed by atoms with van der Waals surface area (Å²) in [6.07, 6.45) is 0.835. The monoisotopic (exact) mass is 221 g/mol. The maximum absolute atomic E-state index is 11.5. The Bertz CT molecular complexity index is 429. The molecule has 86 valence electrons. The van der Waals surface area contributed by atoms with E-state index in [4.69, 9.17) is 9.47 Å². The first-order valence-corrected chi connectivity index (χ1v) is 5.20. The van der Waals surface area contributed by atoms with Gasteiger partial charge in [-0.25, -0.2) is 0 Å². The van der Waals surface area contributed by atoms with Crippen LogP contribution in [-0.2, 0) is 11.2 Å². The van der Waals surface area contributed by atoms with E-state index in [1.165, 1.54) is 0 Å². The number of amides is 1. The Morgan fingerprint density at radius 2 is 2.06 bits per heavy atom. The molecular weight excluding hydrogens is 206 g/mol. The number of rotatable bonds is 2. The molecule has 1 heterocycles. The van der Waals surface area contributed by atoms with Crippen molar-refractivity contribution in [3.05, 3.63) is 17.7 Å². The number of carbonyl (C=O) groups excluding carboxylic acids is 1. The first kappa shape index (κ1) is 10.8. The summed E-state index contributed by atoms with van der Waals surface area (Å²) in [4.78, 5) is 13.2. The van der Waals surface area contributed by atoms with Crippen LogP contribution in [0.4, 0.5) is 5.69 Å². The predicted octanol–water partition coefficient (Wildman–Crippen LogP) is 1.61. The predicted molar refractivity (Wildman–Crippen MR) is 61.3 cm³/mol. The van der Waals surface area contributed by atoms with Crippen molar-refractivity contribution in [1.82, 2.24) is 0 Å². The third kappa shape index (κ3) is 1.60. The van der Waals surface area contributed by atoms with Crippen molar-refractivity contribution in [3.8, 4) is 11.5 Å². The molecule has 0 saturated carbocycles. The molecule has 1 aromatic carbocycles. The van der Waals surface area contributed by atoms with Crippen LogP contribution in [0.3, 0.4) is 0 Å². The Balaban J connectivity index is 2.52. The third-order valence-electron chi connectivity index (χ3n) is 2.87. The number of benzene rings is 1. The van der Waals surface area contributed by atoms with Crippen LogP contribution in [0.15, 0.2) is 12.1 Å². The highest BCUT2D eigenvalue weighted by molar-refractivity contribution is 5.94. The zero-order valence-corrected chi connectivity index (χ0v) is 9.74. The number of anilines is 1. The summed E-state index contributed by atoms with van der Waals surface area (Å²) in [5.74, 6) is 1.55. The Morgan fingerprint density at radius 1 is 1.31 bits per heavy atom. The van der Waals surface area contributed by atoms with Gasteiger partial charge in [-0.15, -0.1) is 0 Å². The fourth-order valence-electron chi connectivity index (χ4n) is 2.07. The second kappa shape index (κ2) is 4.04. The van der Waals surface area contributed by atoms with Crippen LogP contribution >= 0.6 is 0 Å². The van der Waals surface area contributed by atoms with Crippen LogP contribution in [0.5, 0.6) is 11.5 Å². The lowest BCUT2D eigenvalue weighted by atomic mass is 10.1. The van der Waals surface area contributed by atoms with Crippen LogP contribution in [0.1, 0.15) is 12.5 Å². The third-order valence-corrected chi connectivity index (χ3v) is 2.87. The SMILES string of the molecule is COc1cc(OC)c2c(c1)N(C(C)=O)CC2. The molecule has 0 unspecified atom stereocenters. The van der Waals surface area contributed by atoms with Gasteiger partial charge in [0.1, 0.15) is 11.5 Å². The molecule has 1 amide bonds. The highest BCUT2D eigenvalue weighted by Gasteiger charge is 2.26. The zero-order chi connectivity index (χ0) is 11.7. The fraction of sp³-hybridized carbons (Fsp3) is 0.417. The normalized spacial score (nSPS) is 13.6. The largest absolute Gasteiger partial charge is 0.497 e. The summed E-state index contributed by atoms with van der Waals surface area (Å²) in [6, 6.07) is 3.73. The number of hydrogen-bond donors (Lipinski definition) is 0. The van der Waals surface area contributed by atoms with Crippen molar-refractivity contribution < 1.29 is 14.3 Å². The maximum atomic E-state index is 11.5. The highest BCUT2D eigenvalue weighted by atomic mass is 16.5. The number of ether oxygens (including phenoxy) is 2. The van der Waals surface area contributed by atoms with E-state index in [0.29, 0.717) is 12.3 Å². The van der Waals surface area contributed by atoms with E-state index in [-0.39, 0.29) is 5.91 Å². The van der Waals surface area contributed by atoms with Crippen molar-refractivity contribution in [1.29, 1.82) is 0 Å². The van der Waals surface area contributed by atoms with Crippen LogP contribution < -0.4 is 14.4 Å². The van der Waals surface area contributed by atoms with Crippen molar-refractivity contribution in [2.24, 2.45) is 0 Å². The number of carbonyl (C=O) groups is 1. The van der Waals surface area contributed by atoms with Gasteiger partial charge >= 0.3 is 0 Å². The molecule has 0 N–H and O–H groups in total. The molecular formula is C12H15NO3. The zero-order valence-electron chi connectivity index (χ0n) is 9.74. The average molecular weight is 221 g/mol. The van der Waals surface area contributed by atoms with E-state index in [1.54, 1.807) is 26.0 Å². The Morgan fingerprint density at radius 3 is 2.62 bits per heavy atom. The summed E-state index contributed by atoms with van der Waals surface area (Å²) in [5, 5.41) is 0. The van der Waals surface area contributed by atoms with Gasteiger partial charge in [0.15, 0.2) is 0 Å². The molecule has 2 rings (SSSR count). The van der Waals surface area contributed by atoms with Crippen molar-refractivity contribution in [2.75, 3.05) is 25.7 Å². The topological polar surface area (TPSA) is 38.8 Å². The minimum Gasteiger partial charge on any atom is -0.497 e. The highest BCUT2D eigenvalue weighted by Crippen LogP contribution is 2.38. The molecule has 1 aliphatic rings. The van der Waals surface area contributed by atoms with Crippen LogP contribution in [0, 0.1) is 0 Å². The van der Waals surface area contributed by atoms with E-state index in [1.807, 2.05) is 12.1 Å². The smallest absolute Gasteiger partial charge is 0.223 e. The lowest BCUT2D eigenvalue weighted by Crippen LogP contribution is -2.25. The van der Waals surface area contributed by atoms with E-state index in [2.05, 4.69) is 0 Å². The van der Waals surface area contributed by atoms with Crippen LogP contribution in [0.25, 0.3) is 0 Å². The van der Waals surface area contributed by atoms with Gasteiger partial charge in [-0.2, -0.15) is 0 Å². The summed E-state index contributed by atoms with van der Waals surface area (Å²) >= 11 is 0. The van der Waals surface area contributed by atoms with Gasteiger partial charge in [0, 0.05) is 31.2 Å². The number of fused-ring (bicyclic) bond motifs is 1. The quantitative estimate of drug-likeness (QED) is 0.761. The van der Waals surface area contributed by atoms with Gasteiger partial charge in [-0.05, 0) is 6.42 Å². The molecule has 1 aliphatic heterocycles. The fourth-order valence-corrected chi connectivity index (χ4v) is 2.07. The molecule has 1 aromatic rings.